The average molecular weight is 233 g/mol. The third kappa shape index (κ3) is 2.45. The second-order valence-electron chi connectivity index (χ2n) is 3.78. The Labute approximate surface area is 99.7 Å². The minimum atomic E-state index is 0.0837. The molecule has 1 aromatic carbocycles. The van der Waals surface area contributed by atoms with Crippen LogP contribution in [0.25, 0.3) is 5.69 Å². The summed E-state index contributed by atoms with van der Waals surface area (Å²) in [6.07, 6.45) is 2.34. The number of hydrogen-bond acceptors (Lipinski definition) is 4. The molecule has 0 aliphatic heterocycles. The number of aromatic nitrogens is 3. The molecular weight excluding hydrogens is 218 g/mol. The number of ether oxygens (including phenoxy) is 1. The lowest BCUT2D eigenvalue weighted by atomic mass is 10.2. The topological polar surface area (TPSA) is 60.2 Å². The summed E-state index contributed by atoms with van der Waals surface area (Å²) in [6, 6.07) is 5.80. The lowest BCUT2D eigenvalue weighted by Crippen LogP contribution is -1.96. The Morgan fingerprint density at radius 3 is 2.88 bits per heavy atom. The zero-order valence-electron chi connectivity index (χ0n) is 9.92. The van der Waals surface area contributed by atoms with E-state index in [1.165, 1.54) is 0 Å². The van der Waals surface area contributed by atoms with Crippen molar-refractivity contribution in [3.05, 3.63) is 35.7 Å². The van der Waals surface area contributed by atoms with Crippen LogP contribution in [0.1, 0.15) is 11.3 Å². The Balaban J connectivity index is 2.29. The lowest BCUT2D eigenvalue weighted by molar-refractivity contribution is 0.298. The molecule has 0 saturated heterocycles. The quantitative estimate of drug-likeness (QED) is 0.859. The fraction of sp³-hybridized carbons (Fsp3) is 0.333. The number of aryl methyl sites for hydroxylation is 1. The normalized spacial score (nSPS) is 10.5. The van der Waals surface area contributed by atoms with Gasteiger partial charge in [-0.05, 0) is 30.7 Å². The molecule has 5 heteroatoms. The molecule has 0 unspecified atom stereocenters. The number of aliphatic hydroxyl groups excluding tert-OH is 1. The SMILES string of the molecule is COc1ccc(-n2cc(CCO)nn2)cc1C. The highest BCUT2D eigenvalue weighted by Crippen LogP contribution is 2.20. The average Bonchev–Trinajstić information content (AvgIpc) is 2.78. The third-order valence-electron chi connectivity index (χ3n) is 2.55. The van der Waals surface area contributed by atoms with E-state index in [1.807, 2.05) is 31.3 Å². The lowest BCUT2D eigenvalue weighted by Gasteiger charge is -2.06. The first-order chi connectivity index (χ1) is 8.24. The molecule has 0 amide bonds. The first-order valence-corrected chi connectivity index (χ1v) is 5.41. The van der Waals surface area contributed by atoms with Crippen molar-refractivity contribution in [3.63, 3.8) is 0 Å². The highest BCUT2D eigenvalue weighted by atomic mass is 16.5. The Morgan fingerprint density at radius 2 is 2.24 bits per heavy atom. The molecule has 0 spiro atoms. The van der Waals surface area contributed by atoms with Gasteiger partial charge in [0, 0.05) is 13.0 Å². The summed E-state index contributed by atoms with van der Waals surface area (Å²) >= 11 is 0. The molecule has 0 bridgehead atoms. The summed E-state index contributed by atoms with van der Waals surface area (Å²) < 4.78 is 6.89. The van der Waals surface area contributed by atoms with E-state index in [-0.39, 0.29) is 6.61 Å². The van der Waals surface area contributed by atoms with Crippen LogP contribution in [-0.2, 0) is 6.42 Å². The summed E-state index contributed by atoms with van der Waals surface area (Å²) in [5.41, 5.74) is 2.75. The van der Waals surface area contributed by atoms with Crippen LogP contribution in [0.5, 0.6) is 5.75 Å². The summed E-state index contributed by atoms with van der Waals surface area (Å²) in [7, 11) is 1.65. The van der Waals surface area contributed by atoms with Crippen molar-refractivity contribution in [2.45, 2.75) is 13.3 Å². The van der Waals surface area contributed by atoms with Gasteiger partial charge in [0.05, 0.1) is 24.7 Å². The molecule has 0 radical (unpaired) electrons. The Bertz CT molecular complexity index is 508. The van der Waals surface area contributed by atoms with Crippen molar-refractivity contribution in [2.24, 2.45) is 0 Å². The number of hydrogen-bond donors (Lipinski definition) is 1. The number of benzene rings is 1. The maximum atomic E-state index is 8.82. The van der Waals surface area contributed by atoms with E-state index in [0.29, 0.717) is 6.42 Å². The first-order valence-electron chi connectivity index (χ1n) is 5.41. The predicted octanol–water partition coefficient (Wildman–Crippen LogP) is 1.12. The van der Waals surface area contributed by atoms with Gasteiger partial charge in [0.25, 0.3) is 0 Å². The predicted molar refractivity (Wildman–Crippen MR) is 63.4 cm³/mol. The molecule has 2 aromatic rings. The van der Waals surface area contributed by atoms with Gasteiger partial charge < -0.3 is 9.84 Å². The fourth-order valence-electron chi connectivity index (χ4n) is 1.66. The standard InChI is InChI=1S/C12H15N3O2/c1-9-7-11(3-4-12(9)17-2)15-8-10(5-6-16)13-14-15/h3-4,7-8,16H,5-6H2,1-2H3. The van der Waals surface area contributed by atoms with Gasteiger partial charge in [-0.2, -0.15) is 0 Å². The number of rotatable bonds is 4. The van der Waals surface area contributed by atoms with E-state index in [9.17, 15) is 0 Å². The smallest absolute Gasteiger partial charge is 0.121 e. The second-order valence-corrected chi connectivity index (χ2v) is 3.78. The minimum absolute atomic E-state index is 0.0837. The van der Waals surface area contributed by atoms with Gasteiger partial charge in [-0.1, -0.05) is 5.21 Å². The Morgan fingerprint density at radius 1 is 1.41 bits per heavy atom. The molecule has 90 valence electrons. The molecule has 1 N–H and O–H groups in total. The van der Waals surface area contributed by atoms with Gasteiger partial charge in [-0.15, -0.1) is 5.10 Å². The second kappa shape index (κ2) is 4.97. The maximum Gasteiger partial charge on any atom is 0.121 e. The van der Waals surface area contributed by atoms with Crippen LogP contribution in [0.2, 0.25) is 0 Å². The van der Waals surface area contributed by atoms with Crippen LogP contribution in [-0.4, -0.2) is 33.8 Å². The van der Waals surface area contributed by atoms with Gasteiger partial charge >= 0.3 is 0 Å². The van der Waals surface area contributed by atoms with Crippen molar-refractivity contribution in [1.29, 1.82) is 0 Å². The largest absolute Gasteiger partial charge is 0.496 e. The van der Waals surface area contributed by atoms with Crippen molar-refractivity contribution in [3.8, 4) is 11.4 Å². The van der Waals surface area contributed by atoms with E-state index in [2.05, 4.69) is 10.3 Å². The Kier molecular flexibility index (Phi) is 3.39. The van der Waals surface area contributed by atoms with Crippen molar-refractivity contribution >= 4 is 0 Å². The highest BCUT2D eigenvalue weighted by molar-refractivity contribution is 5.43. The zero-order valence-corrected chi connectivity index (χ0v) is 9.92. The highest BCUT2D eigenvalue weighted by Gasteiger charge is 2.04. The van der Waals surface area contributed by atoms with Gasteiger partial charge in [0.2, 0.25) is 0 Å². The van der Waals surface area contributed by atoms with E-state index in [4.69, 9.17) is 9.84 Å². The Hall–Kier alpha value is -1.88. The first kappa shape index (κ1) is 11.6. The molecule has 0 aliphatic carbocycles. The van der Waals surface area contributed by atoms with Crippen molar-refractivity contribution in [1.82, 2.24) is 15.0 Å². The molecule has 17 heavy (non-hydrogen) atoms. The molecular formula is C12H15N3O2. The van der Waals surface area contributed by atoms with Crippen molar-refractivity contribution in [2.75, 3.05) is 13.7 Å². The van der Waals surface area contributed by atoms with Crippen molar-refractivity contribution < 1.29 is 9.84 Å². The molecule has 2 rings (SSSR count). The van der Waals surface area contributed by atoms with E-state index >= 15 is 0 Å². The third-order valence-corrected chi connectivity index (χ3v) is 2.55. The van der Waals surface area contributed by atoms with Gasteiger partial charge in [0.1, 0.15) is 5.75 Å². The van der Waals surface area contributed by atoms with Gasteiger partial charge in [-0.3, -0.25) is 0 Å². The minimum Gasteiger partial charge on any atom is -0.496 e. The molecule has 0 aliphatic rings. The molecule has 0 saturated carbocycles. The summed E-state index contributed by atoms with van der Waals surface area (Å²) in [6.45, 7) is 2.06. The van der Waals surface area contributed by atoms with E-state index in [0.717, 1.165) is 22.7 Å². The summed E-state index contributed by atoms with van der Waals surface area (Å²) in [5.74, 6) is 0.851. The monoisotopic (exact) mass is 233 g/mol. The summed E-state index contributed by atoms with van der Waals surface area (Å²) in [4.78, 5) is 0. The molecule has 1 aromatic heterocycles. The van der Waals surface area contributed by atoms with E-state index in [1.54, 1.807) is 11.8 Å². The van der Waals surface area contributed by atoms with E-state index < -0.39 is 0 Å². The van der Waals surface area contributed by atoms with Crippen LogP contribution in [0, 0.1) is 6.92 Å². The van der Waals surface area contributed by atoms with Crippen LogP contribution >= 0.6 is 0 Å². The van der Waals surface area contributed by atoms with Crippen LogP contribution in [0.15, 0.2) is 24.4 Å². The number of aliphatic hydroxyl groups is 1. The van der Waals surface area contributed by atoms with Gasteiger partial charge in [0.15, 0.2) is 0 Å². The maximum absolute atomic E-state index is 8.82. The molecule has 0 atom stereocenters. The van der Waals surface area contributed by atoms with Crippen LogP contribution in [0.3, 0.4) is 0 Å². The molecule has 0 fully saturated rings. The van der Waals surface area contributed by atoms with Crippen LogP contribution in [0.4, 0.5) is 0 Å². The van der Waals surface area contributed by atoms with Crippen LogP contribution < -0.4 is 4.74 Å². The number of methoxy groups -OCH3 is 1. The number of nitrogens with zero attached hydrogens (tertiary/aromatic N) is 3. The molecule has 1 heterocycles. The fourth-order valence-corrected chi connectivity index (χ4v) is 1.66. The molecule has 5 nitrogen and oxygen atoms in total. The summed E-state index contributed by atoms with van der Waals surface area (Å²) in [5, 5.41) is 16.8. The zero-order chi connectivity index (χ0) is 12.3. The van der Waals surface area contributed by atoms with Gasteiger partial charge in [-0.25, -0.2) is 4.68 Å².